The molecule has 0 bridgehead atoms. The number of nitrogens with two attached hydrogens (primary N) is 1. The number of amides is 2. The second-order valence-electron chi connectivity index (χ2n) is 8.46. The van der Waals surface area contributed by atoms with Gasteiger partial charge in [0.2, 0.25) is 0 Å². The Morgan fingerprint density at radius 1 is 1.31 bits per heavy atom. The minimum Gasteiger partial charge on any atom is -0.489 e. The van der Waals surface area contributed by atoms with Gasteiger partial charge in [0.05, 0.1) is 55.4 Å². The molecule has 3 N–H and O–H groups in total. The fourth-order valence-electron chi connectivity index (χ4n) is 4.43. The van der Waals surface area contributed by atoms with Crippen LogP contribution in [-0.2, 0) is 23.1 Å². The Morgan fingerprint density at radius 2 is 2.09 bits per heavy atom. The number of likely N-dealkylation sites (tertiary alicyclic amines) is 2. The highest BCUT2D eigenvalue weighted by Gasteiger charge is 2.53. The summed E-state index contributed by atoms with van der Waals surface area (Å²) in [5.41, 5.74) is 5.53. The minimum atomic E-state index is -4.60. The van der Waals surface area contributed by atoms with E-state index in [0.29, 0.717) is 50.3 Å². The van der Waals surface area contributed by atoms with Crippen molar-refractivity contribution in [3.8, 4) is 5.75 Å². The highest BCUT2D eigenvalue weighted by Crippen LogP contribution is 2.42. The predicted octanol–water partition coefficient (Wildman–Crippen LogP) is 2.07. The number of hydrogen-bond donors (Lipinski definition) is 2. The van der Waals surface area contributed by atoms with Crippen LogP contribution in [-0.4, -0.2) is 64.9 Å². The molecular weight excluding hydrogens is 434 g/mol. The van der Waals surface area contributed by atoms with Crippen molar-refractivity contribution < 1.29 is 31.8 Å². The van der Waals surface area contributed by atoms with Gasteiger partial charge in [-0.2, -0.15) is 18.3 Å². The third-order valence-corrected chi connectivity index (χ3v) is 6.38. The van der Waals surface area contributed by atoms with Crippen LogP contribution in [0.25, 0.3) is 0 Å². The van der Waals surface area contributed by atoms with E-state index in [-0.39, 0.29) is 30.2 Å². The molecule has 2 aromatic rings. The first-order valence-corrected chi connectivity index (χ1v) is 10.1. The van der Waals surface area contributed by atoms with Crippen LogP contribution in [0, 0.1) is 11.7 Å². The average molecular weight is 455 g/mol. The topological polar surface area (TPSA) is 96.7 Å². The molecule has 2 atom stereocenters. The van der Waals surface area contributed by atoms with Crippen molar-refractivity contribution in [2.45, 2.75) is 24.4 Å². The van der Waals surface area contributed by atoms with Crippen molar-refractivity contribution in [2.75, 3.05) is 32.8 Å². The number of halogens is 4. The van der Waals surface area contributed by atoms with Gasteiger partial charge in [0.15, 0.2) is 5.75 Å². The normalized spacial score (nSPS) is 25.2. The van der Waals surface area contributed by atoms with E-state index in [0.717, 1.165) is 12.1 Å². The van der Waals surface area contributed by atoms with E-state index in [1.807, 2.05) is 0 Å². The molecule has 172 valence electrons. The number of fused-ring (bicyclic) bond motifs is 3. The lowest BCUT2D eigenvalue weighted by atomic mass is 9.83. The number of alkyl halides is 3. The summed E-state index contributed by atoms with van der Waals surface area (Å²) < 4.78 is 63.1. The maximum Gasteiger partial charge on any atom is 0.416 e. The summed E-state index contributed by atoms with van der Waals surface area (Å²) in [6.45, 7) is 1.63. The van der Waals surface area contributed by atoms with Gasteiger partial charge in [0, 0.05) is 24.6 Å². The van der Waals surface area contributed by atoms with Gasteiger partial charge < -0.3 is 25.0 Å². The molecule has 5 rings (SSSR count). The lowest BCUT2D eigenvalue weighted by molar-refractivity contribution is -0.137. The standard InChI is InChI=1S/C20H21F4N5O3/c21-15-3-12(20(22,23)24)2-1-11(15)8-31-14-6-28(7-14)18(30)29-5-13-9-32-16-4-26-27-17(16)19(13,25)10-29/h1-4,13-14H,5-10,25H2,(H,26,27)/t13-,19+/m1/s1. The number of aromatic nitrogens is 2. The molecule has 2 saturated heterocycles. The molecule has 4 heterocycles. The first kappa shape index (κ1) is 21.0. The number of ether oxygens (including phenoxy) is 2. The van der Waals surface area contributed by atoms with Crippen LogP contribution < -0.4 is 10.5 Å². The summed E-state index contributed by atoms with van der Waals surface area (Å²) in [6, 6.07) is 2.17. The second kappa shape index (κ2) is 7.34. The zero-order valence-electron chi connectivity index (χ0n) is 16.9. The summed E-state index contributed by atoms with van der Waals surface area (Å²) >= 11 is 0. The van der Waals surface area contributed by atoms with E-state index in [1.165, 1.54) is 0 Å². The highest BCUT2D eigenvalue weighted by molar-refractivity contribution is 5.76. The molecule has 1 aromatic heterocycles. The summed E-state index contributed by atoms with van der Waals surface area (Å²) in [5.74, 6) is -0.429. The Morgan fingerprint density at radius 3 is 2.81 bits per heavy atom. The lowest BCUT2D eigenvalue weighted by Gasteiger charge is -2.41. The Kier molecular flexibility index (Phi) is 4.82. The van der Waals surface area contributed by atoms with E-state index < -0.39 is 23.1 Å². The molecule has 0 unspecified atom stereocenters. The quantitative estimate of drug-likeness (QED) is 0.691. The Bertz CT molecular complexity index is 1040. The molecule has 8 nitrogen and oxygen atoms in total. The number of nitrogens with zero attached hydrogens (tertiary/aromatic N) is 3. The summed E-state index contributed by atoms with van der Waals surface area (Å²) in [5, 5.41) is 6.85. The monoisotopic (exact) mass is 455 g/mol. The molecule has 0 radical (unpaired) electrons. The summed E-state index contributed by atoms with van der Waals surface area (Å²) in [7, 11) is 0. The number of hydrogen-bond acceptors (Lipinski definition) is 5. The second-order valence-corrected chi connectivity index (χ2v) is 8.46. The van der Waals surface area contributed by atoms with Gasteiger partial charge in [0.25, 0.3) is 0 Å². The molecule has 0 spiro atoms. The van der Waals surface area contributed by atoms with Crippen molar-refractivity contribution in [2.24, 2.45) is 11.7 Å². The summed E-state index contributed by atoms with van der Waals surface area (Å²) in [4.78, 5) is 16.2. The number of aromatic amines is 1. The third kappa shape index (κ3) is 3.47. The number of benzene rings is 1. The van der Waals surface area contributed by atoms with E-state index in [4.69, 9.17) is 15.2 Å². The van der Waals surface area contributed by atoms with Crippen LogP contribution in [0.2, 0.25) is 0 Å². The van der Waals surface area contributed by atoms with E-state index in [2.05, 4.69) is 10.2 Å². The molecule has 3 aliphatic rings. The molecule has 1 aromatic carbocycles. The fourth-order valence-corrected chi connectivity index (χ4v) is 4.43. The molecule has 3 aliphatic heterocycles. The molecule has 0 aliphatic carbocycles. The first-order chi connectivity index (χ1) is 15.1. The Hall–Kier alpha value is -2.86. The largest absolute Gasteiger partial charge is 0.489 e. The maximum absolute atomic E-state index is 13.9. The minimum absolute atomic E-state index is 0.0341. The lowest BCUT2D eigenvalue weighted by Crippen LogP contribution is -2.58. The van der Waals surface area contributed by atoms with E-state index >= 15 is 0 Å². The summed E-state index contributed by atoms with van der Waals surface area (Å²) in [6.07, 6.45) is -3.35. The Labute approximate surface area is 180 Å². The number of carbonyl (C=O) groups is 1. The molecule has 2 amide bonds. The van der Waals surface area contributed by atoms with Crippen molar-refractivity contribution in [1.82, 2.24) is 20.0 Å². The first-order valence-electron chi connectivity index (χ1n) is 10.1. The third-order valence-electron chi connectivity index (χ3n) is 6.38. The van der Waals surface area contributed by atoms with Crippen molar-refractivity contribution in [3.63, 3.8) is 0 Å². The van der Waals surface area contributed by atoms with Gasteiger partial charge in [0.1, 0.15) is 5.82 Å². The van der Waals surface area contributed by atoms with Crippen LogP contribution in [0.15, 0.2) is 24.4 Å². The molecular formula is C20H21F4N5O3. The van der Waals surface area contributed by atoms with Gasteiger partial charge in [-0.15, -0.1) is 0 Å². The van der Waals surface area contributed by atoms with Crippen LogP contribution >= 0.6 is 0 Å². The number of urea groups is 1. The smallest absolute Gasteiger partial charge is 0.416 e. The number of rotatable bonds is 3. The highest BCUT2D eigenvalue weighted by atomic mass is 19.4. The van der Waals surface area contributed by atoms with Crippen LogP contribution in [0.3, 0.4) is 0 Å². The van der Waals surface area contributed by atoms with Crippen LogP contribution in [0.1, 0.15) is 16.8 Å². The van der Waals surface area contributed by atoms with Gasteiger partial charge in [-0.05, 0) is 12.1 Å². The van der Waals surface area contributed by atoms with Crippen molar-refractivity contribution in [1.29, 1.82) is 0 Å². The van der Waals surface area contributed by atoms with E-state index in [9.17, 15) is 22.4 Å². The van der Waals surface area contributed by atoms with Crippen molar-refractivity contribution in [3.05, 3.63) is 47.0 Å². The van der Waals surface area contributed by atoms with Gasteiger partial charge in [-0.3, -0.25) is 5.10 Å². The molecule has 2 fully saturated rings. The molecule has 0 saturated carbocycles. The number of H-pyrrole nitrogens is 1. The number of carbonyl (C=O) groups excluding carboxylic acids is 1. The predicted molar refractivity (Wildman–Crippen MR) is 102 cm³/mol. The zero-order valence-corrected chi connectivity index (χ0v) is 16.9. The van der Waals surface area contributed by atoms with Crippen molar-refractivity contribution >= 4 is 6.03 Å². The zero-order chi connectivity index (χ0) is 22.7. The molecule has 12 heteroatoms. The van der Waals surface area contributed by atoms with Crippen LogP contribution in [0.5, 0.6) is 5.75 Å². The maximum atomic E-state index is 13.9. The SMILES string of the molecule is N[C@@]12CN(C(=O)N3CC(OCc4ccc(C(F)(F)F)cc4F)C3)C[C@@H]1COc1cn[nH]c12. The average Bonchev–Trinajstić information content (AvgIpc) is 3.31. The van der Waals surface area contributed by atoms with Gasteiger partial charge in [-0.1, -0.05) is 6.07 Å². The Balaban J connectivity index is 1.14. The number of nitrogens with one attached hydrogen (secondary N) is 1. The fraction of sp³-hybridized carbons (Fsp3) is 0.500. The van der Waals surface area contributed by atoms with Crippen LogP contribution in [0.4, 0.5) is 22.4 Å². The van der Waals surface area contributed by atoms with Gasteiger partial charge >= 0.3 is 12.2 Å². The van der Waals surface area contributed by atoms with Gasteiger partial charge in [-0.25, -0.2) is 9.18 Å². The van der Waals surface area contributed by atoms with E-state index in [1.54, 1.807) is 16.0 Å². The molecule has 32 heavy (non-hydrogen) atoms.